The molecule has 0 heterocycles. The van der Waals surface area contributed by atoms with Gasteiger partial charge in [0.15, 0.2) is 5.78 Å². The third-order valence-electron chi connectivity index (χ3n) is 4.12. The first-order valence-corrected chi connectivity index (χ1v) is 6.29. The van der Waals surface area contributed by atoms with E-state index < -0.39 is 0 Å². The lowest BCUT2D eigenvalue weighted by Crippen LogP contribution is -2.40. The molecule has 90 valence electrons. The van der Waals surface area contributed by atoms with Crippen molar-refractivity contribution in [3.05, 3.63) is 24.3 Å². The highest BCUT2D eigenvalue weighted by Crippen LogP contribution is 2.47. The molecule has 0 spiro atoms. The lowest BCUT2D eigenvalue weighted by Gasteiger charge is -2.43. The van der Waals surface area contributed by atoms with Gasteiger partial charge in [0, 0.05) is 5.92 Å². The molecular weight excluding hydrogens is 196 g/mol. The van der Waals surface area contributed by atoms with Crippen LogP contribution in [-0.4, -0.2) is 5.78 Å². The number of hydrogen-bond acceptors (Lipinski definition) is 1. The first-order valence-electron chi connectivity index (χ1n) is 6.29. The normalized spacial score (nSPS) is 29.6. The van der Waals surface area contributed by atoms with E-state index in [9.17, 15) is 4.79 Å². The summed E-state index contributed by atoms with van der Waals surface area (Å²) in [6.45, 7) is 12.8. The zero-order chi connectivity index (χ0) is 12.3. The molecule has 0 aliphatic heterocycles. The molecule has 1 aliphatic rings. The molecule has 16 heavy (non-hydrogen) atoms. The maximum atomic E-state index is 12.2. The molecule has 0 bridgehead atoms. The van der Waals surface area contributed by atoms with E-state index in [2.05, 4.69) is 27.4 Å². The molecule has 0 N–H and O–H groups in total. The second-order valence-electron chi connectivity index (χ2n) is 5.57. The van der Waals surface area contributed by atoms with Crippen LogP contribution in [0.1, 0.15) is 47.0 Å². The van der Waals surface area contributed by atoms with Crippen LogP contribution in [-0.2, 0) is 4.79 Å². The molecule has 0 amide bonds. The number of ketones is 1. The minimum Gasteiger partial charge on any atom is -0.294 e. The van der Waals surface area contributed by atoms with Crippen molar-refractivity contribution in [2.75, 3.05) is 0 Å². The van der Waals surface area contributed by atoms with Crippen LogP contribution in [0.15, 0.2) is 24.3 Å². The van der Waals surface area contributed by atoms with Crippen LogP contribution in [0.25, 0.3) is 0 Å². The molecule has 0 radical (unpaired) electrons. The van der Waals surface area contributed by atoms with E-state index in [0.717, 1.165) is 24.8 Å². The zero-order valence-corrected chi connectivity index (χ0v) is 11.0. The number of carbonyl (C=O) groups is 1. The fraction of sp³-hybridized carbons (Fsp3) is 0.667. The van der Waals surface area contributed by atoms with Crippen LogP contribution < -0.4 is 0 Å². The summed E-state index contributed by atoms with van der Waals surface area (Å²) < 4.78 is 0. The van der Waals surface area contributed by atoms with Crippen LogP contribution in [0.3, 0.4) is 0 Å². The molecule has 1 nitrogen and oxygen atoms in total. The third kappa shape index (κ3) is 2.45. The molecule has 1 saturated carbocycles. The Morgan fingerprint density at radius 2 is 2.19 bits per heavy atom. The van der Waals surface area contributed by atoms with E-state index >= 15 is 0 Å². The highest BCUT2D eigenvalue weighted by atomic mass is 16.1. The molecule has 0 saturated heterocycles. The summed E-state index contributed by atoms with van der Waals surface area (Å²) in [6.07, 6.45) is 6.77. The summed E-state index contributed by atoms with van der Waals surface area (Å²) in [4.78, 5) is 12.2. The van der Waals surface area contributed by atoms with E-state index in [1.165, 1.54) is 0 Å². The largest absolute Gasteiger partial charge is 0.294 e. The molecule has 0 aromatic carbocycles. The molecule has 2 unspecified atom stereocenters. The fourth-order valence-corrected chi connectivity index (χ4v) is 2.63. The Kier molecular flexibility index (Phi) is 4.12. The minimum absolute atomic E-state index is 0.0130. The van der Waals surface area contributed by atoms with Gasteiger partial charge in [-0.2, -0.15) is 0 Å². The molecule has 1 rings (SSSR count). The number of carbonyl (C=O) groups excluding carboxylic acids is 1. The monoisotopic (exact) mass is 220 g/mol. The average Bonchev–Trinajstić information content (AvgIpc) is 2.21. The van der Waals surface area contributed by atoms with Crippen molar-refractivity contribution in [1.82, 2.24) is 0 Å². The van der Waals surface area contributed by atoms with E-state index in [1.807, 2.05) is 13.0 Å². The Morgan fingerprint density at radius 3 is 2.75 bits per heavy atom. The van der Waals surface area contributed by atoms with Gasteiger partial charge in [0.25, 0.3) is 0 Å². The lowest BCUT2D eigenvalue weighted by atomic mass is 9.60. The summed E-state index contributed by atoms with van der Waals surface area (Å²) in [7, 11) is 0. The van der Waals surface area contributed by atoms with Crippen molar-refractivity contribution in [1.29, 1.82) is 0 Å². The van der Waals surface area contributed by atoms with Crippen LogP contribution in [0.5, 0.6) is 0 Å². The molecule has 0 aromatic heterocycles. The van der Waals surface area contributed by atoms with Gasteiger partial charge >= 0.3 is 0 Å². The van der Waals surface area contributed by atoms with Crippen molar-refractivity contribution in [3.63, 3.8) is 0 Å². The van der Waals surface area contributed by atoms with Crippen LogP contribution in [0.4, 0.5) is 0 Å². The van der Waals surface area contributed by atoms with Crippen molar-refractivity contribution in [2.45, 2.75) is 47.0 Å². The van der Waals surface area contributed by atoms with Gasteiger partial charge in [-0.3, -0.25) is 4.79 Å². The summed E-state index contributed by atoms with van der Waals surface area (Å²) >= 11 is 0. The SMILES string of the molecule is C=C1CCC(C)C(C)(C)C1C(=O)/C=C/CC. The smallest absolute Gasteiger partial charge is 0.163 e. The fourth-order valence-electron chi connectivity index (χ4n) is 2.63. The highest BCUT2D eigenvalue weighted by Gasteiger charge is 2.42. The van der Waals surface area contributed by atoms with E-state index in [1.54, 1.807) is 6.08 Å². The van der Waals surface area contributed by atoms with Crippen molar-refractivity contribution >= 4 is 5.78 Å². The first-order chi connectivity index (χ1) is 7.41. The van der Waals surface area contributed by atoms with Crippen molar-refractivity contribution < 1.29 is 4.79 Å². The number of rotatable bonds is 3. The highest BCUT2D eigenvalue weighted by molar-refractivity contribution is 5.94. The van der Waals surface area contributed by atoms with Gasteiger partial charge in [0.1, 0.15) is 0 Å². The summed E-state index contributed by atoms with van der Waals surface area (Å²) in [5.74, 6) is 0.837. The van der Waals surface area contributed by atoms with Crippen LogP contribution >= 0.6 is 0 Å². The summed E-state index contributed by atoms with van der Waals surface area (Å²) in [5.41, 5.74) is 1.17. The molecule has 2 atom stereocenters. The molecular formula is C15H24O. The molecule has 0 aromatic rings. The van der Waals surface area contributed by atoms with E-state index in [0.29, 0.717) is 5.92 Å². The molecule has 1 fully saturated rings. The van der Waals surface area contributed by atoms with Gasteiger partial charge in [0.2, 0.25) is 0 Å². The van der Waals surface area contributed by atoms with Gasteiger partial charge in [-0.05, 0) is 36.7 Å². The van der Waals surface area contributed by atoms with E-state index in [-0.39, 0.29) is 17.1 Å². The Hall–Kier alpha value is -0.850. The molecule has 1 aliphatic carbocycles. The Morgan fingerprint density at radius 1 is 1.56 bits per heavy atom. The topological polar surface area (TPSA) is 17.1 Å². The van der Waals surface area contributed by atoms with Gasteiger partial charge in [-0.15, -0.1) is 0 Å². The zero-order valence-electron chi connectivity index (χ0n) is 11.0. The number of allylic oxidation sites excluding steroid dienone is 3. The maximum absolute atomic E-state index is 12.2. The number of hydrogen-bond donors (Lipinski definition) is 0. The summed E-state index contributed by atoms with van der Waals surface area (Å²) in [5, 5.41) is 0. The minimum atomic E-state index is 0.0130. The van der Waals surface area contributed by atoms with Crippen LogP contribution in [0, 0.1) is 17.3 Å². The van der Waals surface area contributed by atoms with Crippen molar-refractivity contribution in [2.24, 2.45) is 17.3 Å². The average molecular weight is 220 g/mol. The Balaban J connectivity index is 2.93. The van der Waals surface area contributed by atoms with Gasteiger partial charge in [-0.25, -0.2) is 0 Å². The van der Waals surface area contributed by atoms with E-state index in [4.69, 9.17) is 0 Å². The third-order valence-corrected chi connectivity index (χ3v) is 4.12. The Bertz CT molecular complexity index is 309. The van der Waals surface area contributed by atoms with Crippen molar-refractivity contribution in [3.8, 4) is 0 Å². The predicted molar refractivity (Wildman–Crippen MR) is 69.2 cm³/mol. The van der Waals surface area contributed by atoms with Gasteiger partial charge in [-0.1, -0.05) is 45.9 Å². The molecule has 1 heteroatoms. The maximum Gasteiger partial charge on any atom is 0.163 e. The second-order valence-corrected chi connectivity index (χ2v) is 5.57. The predicted octanol–water partition coefficient (Wildman–Crippen LogP) is 4.15. The van der Waals surface area contributed by atoms with Gasteiger partial charge < -0.3 is 0 Å². The lowest BCUT2D eigenvalue weighted by molar-refractivity contribution is -0.122. The standard InChI is InChI=1S/C15H24O/c1-6-7-8-13(16)14-11(2)9-10-12(3)15(14,4)5/h7-8,12,14H,2,6,9-10H2,1,3-5H3/b8-7+. The first kappa shape index (κ1) is 13.2. The Labute approximate surface area is 99.6 Å². The van der Waals surface area contributed by atoms with Crippen LogP contribution in [0.2, 0.25) is 0 Å². The summed E-state index contributed by atoms with van der Waals surface area (Å²) in [6, 6.07) is 0. The van der Waals surface area contributed by atoms with Gasteiger partial charge in [0.05, 0.1) is 0 Å². The quantitative estimate of drug-likeness (QED) is 0.516. The second kappa shape index (κ2) is 4.99.